The molecule has 0 radical (unpaired) electrons. The van der Waals surface area contributed by atoms with Crippen molar-refractivity contribution in [3.63, 3.8) is 0 Å². The number of allylic oxidation sites excluding steroid dienone is 1. The predicted octanol–water partition coefficient (Wildman–Crippen LogP) is 4.14. The van der Waals surface area contributed by atoms with Gasteiger partial charge in [0.15, 0.2) is 0 Å². The quantitative estimate of drug-likeness (QED) is 0.562. The number of alkyl halides is 2. The van der Waals surface area contributed by atoms with Crippen molar-refractivity contribution in [2.75, 3.05) is 18.7 Å². The van der Waals surface area contributed by atoms with E-state index in [1.807, 2.05) is 0 Å². The summed E-state index contributed by atoms with van der Waals surface area (Å²) in [7, 11) is 0. The van der Waals surface area contributed by atoms with E-state index in [9.17, 15) is 22.4 Å². The van der Waals surface area contributed by atoms with Gasteiger partial charge in [-0.15, -0.1) is 11.8 Å². The van der Waals surface area contributed by atoms with Gasteiger partial charge in [0, 0.05) is 18.1 Å². The normalized spacial score (nSPS) is 18.1. The van der Waals surface area contributed by atoms with E-state index in [1.54, 1.807) is 13.2 Å². The van der Waals surface area contributed by atoms with Crippen molar-refractivity contribution in [1.82, 2.24) is 4.90 Å². The SMILES string of the molecule is CSCOc1cc(F)c(C2=CCC(C)C(=O)N2CC(F)F)c(F)c1. The van der Waals surface area contributed by atoms with Gasteiger partial charge in [-0.2, -0.15) is 0 Å². The third-order valence-corrected chi connectivity index (χ3v) is 3.93. The molecular formula is C16H17F4NO2S. The van der Waals surface area contributed by atoms with E-state index in [0.29, 0.717) is 0 Å². The van der Waals surface area contributed by atoms with Crippen molar-refractivity contribution >= 4 is 23.4 Å². The minimum Gasteiger partial charge on any atom is -0.483 e. The Morgan fingerprint density at radius 2 is 1.96 bits per heavy atom. The highest BCUT2D eigenvalue weighted by Crippen LogP contribution is 2.34. The van der Waals surface area contributed by atoms with Crippen LogP contribution in [0, 0.1) is 17.6 Å². The summed E-state index contributed by atoms with van der Waals surface area (Å²) in [6.45, 7) is 0.679. The average Bonchev–Trinajstić information content (AvgIpc) is 2.51. The van der Waals surface area contributed by atoms with Gasteiger partial charge < -0.3 is 9.64 Å². The Kier molecular flexibility index (Phi) is 6.15. The Morgan fingerprint density at radius 3 is 2.50 bits per heavy atom. The number of rotatable bonds is 6. The van der Waals surface area contributed by atoms with Crippen LogP contribution in [0.4, 0.5) is 17.6 Å². The number of benzene rings is 1. The largest absolute Gasteiger partial charge is 0.483 e. The summed E-state index contributed by atoms with van der Waals surface area (Å²) in [5, 5.41) is 0. The third-order valence-electron chi connectivity index (χ3n) is 3.58. The molecule has 132 valence electrons. The van der Waals surface area contributed by atoms with Crippen LogP contribution in [-0.2, 0) is 4.79 Å². The first-order valence-corrected chi connectivity index (χ1v) is 8.65. The number of amides is 1. The number of ether oxygens (including phenoxy) is 1. The highest BCUT2D eigenvalue weighted by Gasteiger charge is 2.33. The van der Waals surface area contributed by atoms with Crippen molar-refractivity contribution in [3.05, 3.63) is 35.4 Å². The number of halogens is 4. The molecule has 0 spiro atoms. The lowest BCUT2D eigenvalue weighted by atomic mass is 9.96. The van der Waals surface area contributed by atoms with Gasteiger partial charge in [-0.1, -0.05) is 13.0 Å². The van der Waals surface area contributed by atoms with Gasteiger partial charge in [0.1, 0.15) is 23.3 Å². The zero-order chi connectivity index (χ0) is 17.9. The molecule has 1 atom stereocenters. The van der Waals surface area contributed by atoms with Crippen molar-refractivity contribution in [3.8, 4) is 5.75 Å². The zero-order valence-corrected chi connectivity index (χ0v) is 14.0. The number of nitrogens with zero attached hydrogens (tertiary/aromatic N) is 1. The standard InChI is InChI=1S/C16H17F4NO2S/c1-9-3-4-13(21(16(9)22)7-14(19)20)15-11(17)5-10(6-12(15)18)23-8-24-2/h4-6,9,14H,3,7-8H2,1-2H3. The Balaban J connectivity index is 2.42. The van der Waals surface area contributed by atoms with Gasteiger partial charge in [0.25, 0.3) is 6.43 Å². The highest BCUT2D eigenvalue weighted by molar-refractivity contribution is 7.98. The Morgan fingerprint density at radius 1 is 1.33 bits per heavy atom. The molecule has 8 heteroatoms. The molecule has 0 aromatic heterocycles. The second-order valence-corrected chi connectivity index (χ2v) is 6.19. The molecular weight excluding hydrogens is 346 g/mol. The summed E-state index contributed by atoms with van der Waals surface area (Å²) in [5.74, 6) is -2.79. The fourth-order valence-corrected chi connectivity index (χ4v) is 2.71. The average molecular weight is 363 g/mol. The van der Waals surface area contributed by atoms with Crippen molar-refractivity contribution < 1.29 is 27.1 Å². The van der Waals surface area contributed by atoms with Crippen LogP contribution in [0.5, 0.6) is 5.75 Å². The number of hydrogen-bond acceptors (Lipinski definition) is 3. The summed E-state index contributed by atoms with van der Waals surface area (Å²) in [6.07, 6.45) is 0.608. The van der Waals surface area contributed by atoms with Crippen LogP contribution in [0.25, 0.3) is 5.70 Å². The monoisotopic (exact) mass is 363 g/mol. The molecule has 3 nitrogen and oxygen atoms in total. The molecule has 1 unspecified atom stereocenters. The summed E-state index contributed by atoms with van der Waals surface area (Å²) in [4.78, 5) is 12.9. The molecule has 1 heterocycles. The minimum atomic E-state index is -2.81. The molecule has 0 bridgehead atoms. The summed E-state index contributed by atoms with van der Waals surface area (Å²) in [6, 6.07) is 1.97. The first-order valence-electron chi connectivity index (χ1n) is 7.26. The molecule has 1 aromatic rings. The molecule has 2 rings (SSSR count). The summed E-state index contributed by atoms with van der Waals surface area (Å²) in [5.41, 5.74) is -0.655. The molecule has 24 heavy (non-hydrogen) atoms. The van der Waals surface area contributed by atoms with E-state index in [4.69, 9.17) is 4.74 Å². The van der Waals surface area contributed by atoms with Crippen molar-refractivity contribution in [1.29, 1.82) is 0 Å². The van der Waals surface area contributed by atoms with Crippen LogP contribution in [0.1, 0.15) is 18.9 Å². The predicted molar refractivity (Wildman–Crippen MR) is 84.8 cm³/mol. The van der Waals surface area contributed by atoms with E-state index in [-0.39, 0.29) is 23.8 Å². The zero-order valence-electron chi connectivity index (χ0n) is 13.2. The maximum absolute atomic E-state index is 14.4. The van der Waals surface area contributed by atoms with Gasteiger partial charge in [-0.3, -0.25) is 4.79 Å². The Bertz CT molecular complexity index is 628. The first kappa shape index (κ1) is 18.6. The fourth-order valence-electron chi connectivity index (χ4n) is 2.45. The minimum absolute atomic E-state index is 0.000358. The maximum Gasteiger partial charge on any atom is 0.256 e. The summed E-state index contributed by atoms with van der Waals surface area (Å²) < 4.78 is 59.4. The van der Waals surface area contributed by atoms with E-state index in [1.165, 1.54) is 17.8 Å². The third kappa shape index (κ3) is 4.03. The second-order valence-electron chi connectivity index (χ2n) is 5.38. The van der Waals surface area contributed by atoms with Crippen molar-refractivity contribution in [2.45, 2.75) is 19.8 Å². The molecule has 1 aliphatic heterocycles. The fraction of sp³-hybridized carbons (Fsp3) is 0.438. The lowest BCUT2D eigenvalue weighted by Crippen LogP contribution is -2.40. The van der Waals surface area contributed by atoms with Crippen LogP contribution in [0.3, 0.4) is 0 Å². The highest BCUT2D eigenvalue weighted by atomic mass is 32.2. The smallest absolute Gasteiger partial charge is 0.256 e. The van der Waals surface area contributed by atoms with E-state index >= 15 is 0 Å². The molecule has 1 aliphatic rings. The molecule has 0 aliphatic carbocycles. The maximum atomic E-state index is 14.4. The van der Waals surface area contributed by atoms with E-state index < -0.39 is 42.0 Å². The molecule has 0 N–H and O–H groups in total. The van der Waals surface area contributed by atoms with Crippen LogP contribution >= 0.6 is 11.8 Å². The number of thioether (sulfide) groups is 1. The molecule has 0 saturated heterocycles. The van der Waals surface area contributed by atoms with Crippen molar-refractivity contribution in [2.24, 2.45) is 5.92 Å². The number of carbonyl (C=O) groups is 1. The van der Waals surface area contributed by atoms with Crippen LogP contribution in [0.15, 0.2) is 18.2 Å². The molecule has 0 fully saturated rings. The lowest BCUT2D eigenvalue weighted by molar-refractivity contribution is -0.133. The van der Waals surface area contributed by atoms with Gasteiger partial charge in [0.2, 0.25) is 5.91 Å². The van der Waals surface area contributed by atoms with Gasteiger partial charge >= 0.3 is 0 Å². The lowest BCUT2D eigenvalue weighted by Gasteiger charge is -2.32. The van der Waals surface area contributed by atoms with E-state index in [2.05, 4.69) is 0 Å². The van der Waals surface area contributed by atoms with Gasteiger partial charge in [-0.05, 0) is 12.7 Å². The molecule has 0 saturated carbocycles. The number of hydrogen-bond donors (Lipinski definition) is 0. The summed E-state index contributed by atoms with van der Waals surface area (Å²) >= 11 is 1.33. The molecule has 1 aromatic carbocycles. The van der Waals surface area contributed by atoms with Crippen LogP contribution < -0.4 is 4.74 Å². The topological polar surface area (TPSA) is 29.5 Å². The van der Waals surface area contributed by atoms with Crippen LogP contribution in [-0.4, -0.2) is 36.0 Å². The van der Waals surface area contributed by atoms with Gasteiger partial charge in [0.05, 0.1) is 17.8 Å². The number of carbonyl (C=O) groups excluding carboxylic acids is 1. The Labute approximate surface area is 141 Å². The first-order chi connectivity index (χ1) is 11.3. The molecule has 1 amide bonds. The Hall–Kier alpha value is -1.70. The van der Waals surface area contributed by atoms with E-state index in [0.717, 1.165) is 17.0 Å². The van der Waals surface area contributed by atoms with Crippen LogP contribution in [0.2, 0.25) is 0 Å². The van der Waals surface area contributed by atoms with Gasteiger partial charge in [-0.25, -0.2) is 17.6 Å². The second kappa shape index (κ2) is 7.92.